The lowest BCUT2D eigenvalue weighted by Crippen LogP contribution is -1.96. The van der Waals surface area contributed by atoms with Crippen molar-refractivity contribution in [2.45, 2.75) is 36.8 Å². The van der Waals surface area contributed by atoms with Crippen molar-refractivity contribution in [3.05, 3.63) is 23.2 Å². The zero-order valence-electron chi connectivity index (χ0n) is 8.59. The van der Waals surface area contributed by atoms with Crippen LogP contribution in [0.3, 0.4) is 0 Å². The van der Waals surface area contributed by atoms with Gasteiger partial charge < -0.3 is 5.73 Å². The van der Waals surface area contributed by atoms with Crippen LogP contribution >= 0.6 is 23.4 Å². The van der Waals surface area contributed by atoms with Crippen LogP contribution in [0, 0.1) is 0 Å². The van der Waals surface area contributed by atoms with Gasteiger partial charge in [0.05, 0.1) is 0 Å². The first kappa shape index (κ1) is 11.7. The highest BCUT2D eigenvalue weighted by Crippen LogP contribution is 2.32. The molecular formula is C11H16ClNS. The predicted molar refractivity (Wildman–Crippen MR) is 66.1 cm³/mol. The van der Waals surface area contributed by atoms with Gasteiger partial charge in [0.15, 0.2) is 0 Å². The Labute approximate surface area is 95.0 Å². The highest BCUT2D eigenvalue weighted by molar-refractivity contribution is 8.00. The SMILES string of the molecule is CCCC(C)Sc1cc(Cl)ccc1N. The van der Waals surface area contributed by atoms with Crippen molar-refractivity contribution < 1.29 is 0 Å². The summed E-state index contributed by atoms with van der Waals surface area (Å²) in [6, 6.07) is 5.63. The van der Waals surface area contributed by atoms with Gasteiger partial charge in [-0.2, -0.15) is 0 Å². The standard InChI is InChI=1S/C11H16ClNS/c1-3-4-8(2)14-11-7-9(12)5-6-10(11)13/h5-8H,3-4,13H2,1-2H3. The number of hydrogen-bond acceptors (Lipinski definition) is 2. The maximum Gasteiger partial charge on any atom is 0.0453 e. The van der Waals surface area contributed by atoms with Gasteiger partial charge in [-0.05, 0) is 24.6 Å². The maximum atomic E-state index is 5.91. The summed E-state index contributed by atoms with van der Waals surface area (Å²) >= 11 is 7.71. The van der Waals surface area contributed by atoms with E-state index in [-0.39, 0.29) is 0 Å². The molecule has 0 saturated carbocycles. The second-order valence-electron chi connectivity index (χ2n) is 3.40. The van der Waals surface area contributed by atoms with E-state index in [2.05, 4.69) is 13.8 Å². The zero-order chi connectivity index (χ0) is 10.6. The molecular weight excluding hydrogens is 214 g/mol. The van der Waals surface area contributed by atoms with Crippen molar-refractivity contribution in [3.63, 3.8) is 0 Å². The first-order valence-corrected chi connectivity index (χ1v) is 6.11. The molecule has 0 bridgehead atoms. The second-order valence-corrected chi connectivity index (χ2v) is 5.32. The molecule has 0 heterocycles. The van der Waals surface area contributed by atoms with Crippen molar-refractivity contribution >= 4 is 29.1 Å². The number of nitrogens with two attached hydrogens (primary N) is 1. The Morgan fingerprint density at radius 1 is 1.50 bits per heavy atom. The van der Waals surface area contributed by atoms with Crippen molar-refractivity contribution in [2.75, 3.05) is 5.73 Å². The summed E-state index contributed by atoms with van der Waals surface area (Å²) in [4.78, 5) is 1.10. The van der Waals surface area contributed by atoms with E-state index in [1.807, 2.05) is 18.2 Å². The molecule has 0 aliphatic rings. The molecule has 0 radical (unpaired) electrons. The summed E-state index contributed by atoms with van der Waals surface area (Å²) in [7, 11) is 0. The minimum absolute atomic E-state index is 0.598. The van der Waals surface area contributed by atoms with Crippen LogP contribution in [-0.4, -0.2) is 5.25 Å². The smallest absolute Gasteiger partial charge is 0.0453 e. The van der Waals surface area contributed by atoms with Crippen molar-refractivity contribution in [3.8, 4) is 0 Å². The van der Waals surface area contributed by atoms with E-state index in [0.717, 1.165) is 15.6 Å². The Morgan fingerprint density at radius 2 is 2.21 bits per heavy atom. The number of rotatable bonds is 4. The van der Waals surface area contributed by atoms with E-state index in [1.165, 1.54) is 12.8 Å². The molecule has 78 valence electrons. The van der Waals surface area contributed by atoms with E-state index in [0.29, 0.717) is 5.25 Å². The lowest BCUT2D eigenvalue weighted by molar-refractivity contribution is 0.787. The van der Waals surface area contributed by atoms with Gasteiger partial charge in [-0.3, -0.25) is 0 Å². The minimum atomic E-state index is 0.598. The normalized spacial score (nSPS) is 12.8. The van der Waals surface area contributed by atoms with Crippen LogP contribution in [0.25, 0.3) is 0 Å². The molecule has 3 heteroatoms. The summed E-state index contributed by atoms with van der Waals surface area (Å²) < 4.78 is 0. The molecule has 0 aromatic heterocycles. The Hall–Kier alpha value is -0.340. The quantitative estimate of drug-likeness (QED) is 0.619. The molecule has 0 aliphatic heterocycles. The first-order valence-electron chi connectivity index (χ1n) is 4.85. The Bertz CT molecular complexity index is 301. The number of halogens is 1. The van der Waals surface area contributed by atoms with Gasteiger partial charge in [-0.25, -0.2) is 0 Å². The number of thioether (sulfide) groups is 1. The van der Waals surface area contributed by atoms with Gasteiger partial charge in [0, 0.05) is 20.9 Å². The molecule has 0 amide bonds. The van der Waals surface area contributed by atoms with Gasteiger partial charge in [0.25, 0.3) is 0 Å². The molecule has 0 fully saturated rings. The number of hydrogen-bond donors (Lipinski definition) is 1. The summed E-state index contributed by atoms with van der Waals surface area (Å²) in [6.45, 7) is 4.41. The summed E-state index contributed by atoms with van der Waals surface area (Å²) in [6.07, 6.45) is 2.41. The predicted octanol–water partition coefficient (Wildman–Crippen LogP) is 4.20. The van der Waals surface area contributed by atoms with E-state index in [1.54, 1.807) is 11.8 Å². The van der Waals surface area contributed by atoms with Crippen molar-refractivity contribution in [1.29, 1.82) is 0 Å². The van der Waals surface area contributed by atoms with E-state index in [9.17, 15) is 0 Å². The molecule has 1 nitrogen and oxygen atoms in total. The fourth-order valence-electron chi connectivity index (χ4n) is 1.29. The monoisotopic (exact) mass is 229 g/mol. The van der Waals surface area contributed by atoms with Crippen LogP contribution in [0.4, 0.5) is 5.69 Å². The number of nitrogen functional groups attached to an aromatic ring is 1. The molecule has 1 aromatic rings. The molecule has 1 atom stereocenters. The van der Waals surface area contributed by atoms with Gasteiger partial charge >= 0.3 is 0 Å². The third-order valence-corrected chi connectivity index (χ3v) is 3.48. The molecule has 0 spiro atoms. The molecule has 1 unspecified atom stereocenters. The van der Waals surface area contributed by atoms with E-state index in [4.69, 9.17) is 17.3 Å². The molecule has 14 heavy (non-hydrogen) atoms. The highest BCUT2D eigenvalue weighted by Gasteiger charge is 2.06. The van der Waals surface area contributed by atoms with Crippen molar-refractivity contribution in [2.24, 2.45) is 0 Å². The summed E-state index contributed by atoms with van der Waals surface area (Å²) in [5.41, 5.74) is 6.68. The average molecular weight is 230 g/mol. The van der Waals surface area contributed by atoms with E-state index < -0.39 is 0 Å². The first-order chi connectivity index (χ1) is 6.63. The molecule has 0 saturated heterocycles. The average Bonchev–Trinajstić information content (AvgIpc) is 2.12. The fraction of sp³-hybridized carbons (Fsp3) is 0.455. The molecule has 2 N–H and O–H groups in total. The van der Waals surface area contributed by atoms with Gasteiger partial charge in [0.1, 0.15) is 0 Å². The lowest BCUT2D eigenvalue weighted by Gasteiger charge is -2.11. The summed E-state index contributed by atoms with van der Waals surface area (Å²) in [5, 5.41) is 1.35. The molecule has 0 aliphatic carbocycles. The third-order valence-electron chi connectivity index (χ3n) is 2.00. The van der Waals surface area contributed by atoms with Crippen LogP contribution in [0.15, 0.2) is 23.1 Å². The van der Waals surface area contributed by atoms with Crippen molar-refractivity contribution in [1.82, 2.24) is 0 Å². The van der Waals surface area contributed by atoms with Crippen LogP contribution in [0.2, 0.25) is 5.02 Å². The van der Waals surface area contributed by atoms with Crippen LogP contribution in [0.1, 0.15) is 26.7 Å². The van der Waals surface area contributed by atoms with Gasteiger partial charge in [-0.1, -0.05) is 31.9 Å². The van der Waals surface area contributed by atoms with Crippen LogP contribution in [0.5, 0.6) is 0 Å². The largest absolute Gasteiger partial charge is 0.398 e. The molecule has 1 rings (SSSR count). The van der Waals surface area contributed by atoms with Crippen LogP contribution in [-0.2, 0) is 0 Å². The lowest BCUT2D eigenvalue weighted by atomic mass is 10.3. The highest BCUT2D eigenvalue weighted by atomic mass is 35.5. The third kappa shape index (κ3) is 3.43. The minimum Gasteiger partial charge on any atom is -0.398 e. The topological polar surface area (TPSA) is 26.0 Å². The Morgan fingerprint density at radius 3 is 2.86 bits per heavy atom. The Kier molecular flexibility index (Phi) is 4.63. The molecule has 1 aromatic carbocycles. The zero-order valence-corrected chi connectivity index (χ0v) is 10.2. The number of benzene rings is 1. The summed E-state index contributed by atoms with van der Waals surface area (Å²) in [5.74, 6) is 0. The van der Waals surface area contributed by atoms with E-state index >= 15 is 0 Å². The second kappa shape index (κ2) is 5.52. The van der Waals surface area contributed by atoms with Gasteiger partial charge in [-0.15, -0.1) is 11.8 Å². The number of anilines is 1. The van der Waals surface area contributed by atoms with Gasteiger partial charge in [0.2, 0.25) is 0 Å². The maximum absolute atomic E-state index is 5.91. The Balaban J connectivity index is 2.70. The van der Waals surface area contributed by atoms with Crippen LogP contribution < -0.4 is 5.73 Å². The fourth-order valence-corrected chi connectivity index (χ4v) is 2.72.